The molecule has 0 spiro atoms. The molecule has 0 radical (unpaired) electrons. The molecule has 2 heteroatoms. The van der Waals surface area contributed by atoms with Crippen molar-refractivity contribution in [3.8, 4) is 0 Å². The van der Waals surface area contributed by atoms with Gasteiger partial charge in [0.25, 0.3) is 0 Å². The molecule has 3 aromatic rings. The summed E-state index contributed by atoms with van der Waals surface area (Å²) < 4.78 is 5.26. The van der Waals surface area contributed by atoms with Crippen molar-refractivity contribution in [2.45, 2.75) is 87.2 Å². The van der Waals surface area contributed by atoms with Crippen molar-refractivity contribution in [1.82, 2.24) is 0 Å². The first-order valence-electron chi connectivity index (χ1n) is 13.5. The molecule has 3 aromatic carbocycles. The zero-order valence-corrected chi connectivity index (χ0v) is 25.3. The Morgan fingerprint density at radius 3 is 1.68 bits per heavy atom. The van der Waals surface area contributed by atoms with Crippen LogP contribution in [0, 0.1) is 0 Å². The average Bonchev–Trinajstić information content (AvgIpc) is 2.90. The van der Waals surface area contributed by atoms with Crippen LogP contribution in [-0.2, 0) is 5.75 Å². The van der Waals surface area contributed by atoms with E-state index in [0.717, 1.165) is 5.75 Å². The van der Waals surface area contributed by atoms with E-state index >= 15 is 0 Å². The third-order valence-electron chi connectivity index (χ3n) is 7.33. The van der Waals surface area contributed by atoms with Gasteiger partial charge in [0, 0.05) is 0 Å². The fourth-order valence-electron chi connectivity index (χ4n) is 5.53. The van der Waals surface area contributed by atoms with Crippen molar-refractivity contribution in [2.75, 3.05) is 0 Å². The minimum atomic E-state index is -2.61. The van der Waals surface area contributed by atoms with E-state index in [9.17, 15) is 0 Å². The molecule has 0 fully saturated rings. The molecule has 0 heterocycles. The molecular weight excluding hydrogens is 535 g/mol. The summed E-state index contributed by atoms with van der Waals surface area (Å²) in [5.74, 6) is 1.06. The van der Waals surface area contributed by atoms with Crippen molar-refractivity contribution in [3.63, 3.8) is 0 Å². The topological polar surface area (TPSA) is 0 Å². The second-order valence-electron chi connectivity index (χ2n) is 9.82. The summed E-state index contributed by atoms with van der Waals surface area (Å²) in [6.07, 6.45) is 8.20. The summed E-state index contributed by atoms with van der Waals surface area (Å²) in [7, 11) is 0. The Bertz CT molecular complexity index is 916. The Balaban J connectivity index is 2.09. The van der Waals surface area contributed by atoms with Gasteiger partial charge in [0.2, 0.25) is 0 Å². The predicted molar refractivity (Wildman–Crippen MR) is 156 cm³/mol. The van der Waals surface area contributed by atoms with Gasteiger partial charge in [-0.1, -0.05) is 0 Å². The molecule has 0 amide bonds. The zero-order valence-electron chi connectivity index (χ0n) is 21.6. The third kappa shape index (κ3) is 7.65. The van der Waals surface area contributed by atoms with Gasteiger partial charge in [-0.15, -0.1) is 0 Å². The second-order valence-corrected chi connectivity index (χ2v) is 24.6. The van der Waals surface area contributed by atoms with Crippen molar-refractivity contribution in [1.29, 1.82) is 0 Å². The van der Waals surface area contributed by atoms with E-state index < -0.39 is 18.4 Å². The minimum absolute atomic E-state index is 0.660. The van der Waals surface area contributed by atoms with Crippen LogP contribution in [0.5, 0.6) is 0 Å². The van der Waals surface area contributed by atoms with Crippen molar-refractivity contribution in [3.05, 3.63) is 102 Å². The number of thioether (sulfide) groups is 1. The second kappa shape index (κ2) is 15.0. The molecule has 1 atom stereocenters. The van der Waals surface area contributed by atoms with Crippen LogP contribution >= 0.6 is 11.8 Å². The summed E-state index contributed by atoms with van der Waals surface area (Å²) >= 11 is -0.621. The standard InChI is InChI=1S/C20H17S.3C4H9.Sn/c1-3-9-17(10-4-1)15-18-11-7-8-12-19(18)16-21-20-13-5-2-6-14-20;3*1-3-4-2;/h1-15H,16H2;3*1,3-4H2,2H3;. The molecule has 1 unspecified atom stereocenters. The Kier molecular flexibility index (Phi) is 12.1. The Morgan fingerprint density at radius 1 is 0.618 bits per heavy atom. The molecule has 0 aliphatic carbocycles. The summed E-state index contributed by atoms with van der Waals surface area (Å²) in [6.45, 7) is 7.16. The van der Waals surface area contributed by atoms with E-state index in [-0.39, 0.29) is 0 Å². The first kappa shape index (κ1) is 27.4. The van der Waals surface area contributed by atoms with Crippen molar-refractivity contribution >= 4 is 30.1 Å². The van der Waals surface area contributed by atoms with Crippen molar-refractivity contribution < 1.29 is 0 Å². The van der Waals surface area contributed by atoms with Gasteiger partial charge in [-0.25, -0.2) is 0 Å². The number of benzene rings is 3. The molecular formula is C32H44SSn. The molecule has 0 saturated carbocycles. The number of rotatable bonds is 15. The maximum atomic E-state index is 2.49. The van der Waals surface area contributed by atoms with Crippen LogP contribution in [0.15, 0.2) is 89.8 Å². The van der Waals surface area contributed by atoms with Gasteiger partial charge >= 0.3 is 219 Å². The maximum absolute atomic E-state index is 2.61. The van der Waals surface area contributed by atoms with Crippen LogP contribution in [0.25, 0.3) is 0 Å². The SMILES string of the molecule is CCC[CH2][Sn]([CH2]CCC)([CH2]CCC)[CH](c1ccccc1)c1ccccc1CSc1ccccc1. The van der Waals surface area contributed by atoms with E-state index in [0.29, 0.717) is 3.93 Å². The van der Waals surface area contributed by atoms with Gasteiger partial charge in [-0.2, -0.15) is 0 Å². The summed E-state index contributed by atoms with van der Waals surface area (Å²) in [5, 5.41) is 0. The van der Waals surface area contributed by atoms with Crippen LogP contribution in [0.3, 0.4) is 0 Å². The van der Waals surface area contributed by atoms with E-state index in [1.165, 1.54) is 56.7 Å². The first-order chi connectivity index (χ1) is 16.7. The number of hydrogen-bond donors (Lipinski definition) is 0. The van der Waals surface area contributed by atoms with Gasteiger partial charge in [-0.05, 0) is 0 Å². The number of unbranched alkanes of at least 4 members (excludes halogenated alkanes) is 3. The fraction of sp³-hybridized carbons (Fsp3) is 0.438. The summed E-state index contributed by atoms with van der Waals surface area (Å²) in [5.41, 5.74) is 4.80. The Hall–Kier alpha value is -1.19. The van der Waals surface area contributed by atoms with E-state index in [2.05, 4.69) is 106 Å². The van der Waals surface area contributed by atoms with Gasteiger partial charge in [0.05, 0.1) is 0 Å². The first-order valence-corrected chi connectivity index (χ1v) is 22.2. The molecule has 0 saturated heterocycles. The van der Waals surface area contributed by atoms with E-state index in [1.54, 1.807) is 16.7 Å². The average molecular weight is 579 g/mol. The molecule has 34 heavy (non-hydrogen) atoms. The van der Waals surface area contributed by atoms with Crippen LogP contribution < -0.4 is 0 Å². The monoisotopic (exact) mass is 580 g/mol. The molecule has 0 aliphatic heterocycles. The predicted octanol–water partition coefficient (Wildman–Crippen LogP) is 10.5. The summed E-state index contributed by atoms with van der Waals surface area (Å²) in [4.78, 5) is 1.37. The van der Waals surface area contributed by atoms with Crippen LogP contribution in [0.4, 0.5) is 0 Å². The quantitative estimate of drug-likeness (QED) is 0.128. The fourth-order valence-corrected chi connectivity index (χ4v) is 25.4. The summed E-state index contributed by atoms with van der Waals surface area (Å²) in [6, 6.07) is 32.0. The molecule has 3 rings (SSSR count). The van der Waals surface area contributed by atoms with E-state index in [4.69, 9.17) is 0 Å². The molecule has 0 bridgehead atoms. The van der Waals surface area contributed by atoms with Gasteiger partial charge in [0.1, 0.15) is 0 Å². The molecule has 0 N–H and O–H groups in total. The third-order valence-corrected chi connectivity index (χ3v) is 25.3. The Labute approximate surface area is 217 Å². The Morgan fingerprint density at radius 2 is 1.12 bits per heavy atom. The van der Waals surface area contributed by atoms with Crippen LogP contribution in [-0.4, -0.2) is 18.4 Å². The molecule has 0 aromatic heterocycles. The van der Waals surface area contributed by atoms with Crippen LogP contribution in [0.2, 0.25) is 13.3 Å². The van der Waals surface area contributed by atoms with Gasteiger partial charge < -0.3 is 0 Å². The van der Waals surface area contributed by atoms with Crippen LogP contribution in [0.1, 0.15) is 79.9 Å². The molecule has 182 valence electrons. The normalized spacial score (nSPS) is 12.6. The van der Waals surface area contributed by atoms with E-state index in [1.807, 2.05) is 11.8 Å². The van der Waals surface area contributed by atoms with Gasteiger partial charge in [-0.3, -0.25) is 0 Å². The van der Waals surface area contributed by atoms with Gasteiger partial charge in [0.15, 0.2) is 0 Å². The molecule has 0 aliphatic rings. The molecule has 0 nitrogen and oxygen atoms in total. The zero-order chi connectivity index (χ0) is 24.1. The number of hydrogen-bond acceptors (Lipinski definition) is 1. The van der Waals surface area contributed by atoms with Crippen molar-refractivity contribution in [2.24, 2.45) is 0 Å².